The molecule has 1 aliphatic rings. The van der Waals surface area contributed by atoms with E-state index in [0.717, 1.165) is 31.0 Å². The van der Waals surface area contributed by atoms with Gasteiger partial charge in [0.15, 0.2) is 5.82 Å². The summed E-state index contributed by atoms with van der Waals surface area (Å²) in [6.07, 6.45) is 5.10. The zero-order chi connectivity index (χ0) is 14.8. The lowest BCUT2D eigenvalue weighted by molar-refractivity contribution is 0.187. The molecule has 0 aromatic carbocycles. The Morgan fingerprint density at radius 3 is 3.00 bits per heavy atom. The van der Waals surface area contributed by atoms with Gasteiger partial charge >= 0.3 is 0 Å². The number of imidazole rings is 1. The minimum Gasteiger partial charge on any atom is -0.393 e. The second-order valence-electron chi connectivity index (χ2n) is 6.03. The van der Waals surface area contributed by atoms with Crippen LogP contribution in [0.5, 0.6) is 0 Å². The SMILES string of the molecule is CC(O)CCN(C)c1nc2ccccn2c1CNC1CC1. The van der Waals surface area contributed by atoms with Gasteiger partial charge in [0.2, 0.25) is 0 Å². The Bertz CT molecular complexity index is 603. The third-order valence-corrected chi connectivity index (χ3v) is 3.99. The van der Waals surface area contributed by atoms with E-state index >= 15 is 0 Å². The minimum absolute atomic E-state index is 0.280. The molecule has 2 N–H and O–H groups in total. The summed E-state index contributed by atoms with van der Waals surface area (Å²) in [6.45, 7) is 3.47. The van der Waals surface area contributed by atoms with Crippen LogP contribution in [0.3, 0.4) is 0 Å². The summed E-state index contributed by atoms with van der Waals surface area (Å²) >= 11 is 0. The maximum absolute atomic E-state index is 9.48. The lowest BCUT2D eigenvalue weighted by atomic mass is 10.2. The van der Waals surface area contributed by atoms with Gasteiger partial charge in [-0.05, 0) is 38.3 Å². The number of nitrogens with zero attached hydrogens (tertiary/aromatic N) is 3. The lowest BCUT2D eigenvalue weighted by Gasteiger charge is -2.19. The molecular weight excluding hydrogens is 264 g/mol. The van der Waals surface area contributed by atoms with E-state index < -0.39 is 0 Å². The highest BCUT2D eigenvalue weighted by Gasteiger charge is 2.22. The Kier molecular flexibility index (Phi) is 4.12. The van der Waals surface area contributed by atoms with Crippen LogP contribution in [0.2, 0.25) is 0 Å². The van der Waals surface area contributed by atoms with Crippen LogP contribution in [0.15, 0.2) is 24.4 Å². The van der Waals surface area contributed by atoms with E-state index in [-0.39, 0.29) is 6.10 Å². The minimum atomic E-state index is -0.280. The second-order valence-corrected chi connectivity index (χ2v) is 6.03. The molecule has 1 fully saturated rings. The van der Waals surface area contributed by atoms with Crippen LogP contribution in [0.1, 0.15) is 31.9 Å². The van der Waals surface area contributed by atoms with Crippen molar-refractivity contribution in [3.05, 3.63) is 30.1 Å². The van der Waals surface area contributed by atoms with Gasteiger partial charge in [-0.15, -0.1) is 0 Å². The van der Waals surface area contributed by atoms with Gasteiger partial charge in [-0.25, -0.2) is 4.98 Å². The van der Waals surface area contributed by atoms with Gasteiger partial charge in [-0.2, -0.15) is 0 Å². The van der Waals surface area contributed by atoms with Crippen molar-refractivity contribution >= 4 is 11.5 Å². The van der Waals surface area contributed by atoms with Crippen molar-refractivity contribution < 1.29 is 5.11 Å². The van der Waals surface area contributed by atoms with Gasteiger partial charge in [0, 0.05) is 32.4 Å². The third-order valence-electron chi connectivity index (χ3n) is 3.99. The van der Waals surface area contributed by atoms with Crippen molar-refractivity contribution in [2.75, 3.05) is 18.5 Å². The number of nitrogens with one attached hydrogen (secondary N) is 1. The quantitative estimate of drug-likeness (QED) is 0.815. The number of aromatic nitrogens is 2. The smallest absolute Gasteiger partial charge is 0.152 e. The molecule has 0 saturated heterocycles. The van der Waals surface area contributed by atoms with E-state index in [1.54, 1.807) is 0 Å². The number of hydrogen-bond acceptors (Lipinski definition) is 4. The van der Waals surface area contributed by atoms with E-state index in [2.05, 4.69) is 20.8 Å². The molecule has 1 atom stereocenters. The van der Waals surface area contributed by atoms with Gasteiger partial charge in [-0.1, -0.05) is 6.07 Å². The van der Waals surface area contributed by atoms with Gasteiger partial charge in [0.05, 0.1) is 11.8 Å². The molecule has 2 aromatic rings. The molecule has 2 aromatic heterocycles. The fraction of sp³-hybridized carbons (Fsp3) is 0.562. The average molecular weight is 288 g/mol. The number of anilines is 1. The van der Waals surface area contributed by atoms with Crippen LogP contribution in [0.4, 0.5) is 5.82 Å². The Balaban J connectivity index is 1.85. The summed E-state index contributed by atoms with van der Waals surface area (Å²) in [5.74, 6) is 1.01. The topological polar surface area (TPSA) is 52.8 Å². The average Bonchev–Trinajstić information content (AvgIpc) is 3.22. The maximum Gasteiger partial charge on any atom is 0.152 e. The van der Waals surface area contributed by atoms with E-state index in [0.29, 0.717) is 6.04 Å². The molecular formula is C16H24N4O. The van der Waals surface area contributed by atoms with Crippen molar-refractivity contribution in [3.63, 3.8) is 0 Å². The Morgan fingerprint density at radius 1 is 1.48 bits per heavy atom. The molecule has 1 aliphatic carbocycles. The first-order valence-corrected chi connectivity index (χ1v) is 7.73. The number of fused-ring (bicyclic) bond motifs is 1. The van der Waals surface area contributed by atoms with E-state index in [4.69, 9.17) is 4.98 Å². The van der Waals surface area contributed by atoms with Crippen molar-refractivity contribution in [2.45, 2.75) is 44.9 Å². The summed E-state index contributed by atoms with van der Waals surface area (Å²) in [4.78, 5) is 6.90. The van der Waals surface area contributed by atoms with Gasteiger partial charge in [0.25, 0.3) is 0 Å². The van der Waals surface area contributed by atoms with E-state index in [1.807, 2.05) is 32.2 Å². The number of hydrogen-bond donors (Lipinski definition) is 2. The van der Waals surface area contributed by atoms with Gasteiger partial charge in [-0.3, -0.25) is 0 Å². The maximum atomic E-state index is 9.48. The molecule has 0 amide bonds. The van der Waals surface area contributed by atoms with E-state index in [1.165, 1.54) is 18.5 Å². The standard InChI is InChI=1S/C16H24N4O/c1-12(21)8-10-19(2)16-14(11-17-13-6-7-13)20-9-4-3-5-15(20)18-16/h3-5,9,12-13,17,21H,6-8,10-11H2,1-2H3. The Labute approximate surface area is 125 Å². The molecule has 0 bridgehead atoms. The molecule has 5 nitrogen and oxygen atoms in total. The van der Waals surface area contributed by atoms with E-state index in [9.17, 15) is 5.11 Å². The summed E-state index contributed by atoms with van der Waals surface area (Å²) in [7, 11) is 2.05. The highest BCUT2D eigenvalue weighted by molar-refractivity contribution is 5.55. The van der Waals surface area contributed by atoms with Crippen LogP contribution in [-0.2, 0) is 6.54 Å². The van der Waals surface area contributed by atoms with Crippen LogP contribution in [-0.4, -0.2) is 40.2 Å². The summed E-state index contributed by atoms with van der Waals surface area (Å²) < 4.78 is 2.16. The summed E-state index contributed by atoms with van der Waals surface area (Å²) in [5, 5.41) is 13.1. The molecule has 0 radical (unpaired) electrons. The molecule has 3 rings (SSSR count). The van der Waals surface area contributed by atoms with Crippen LogP contribution in [0, 0.1) is 0 Å². The fourth-order valence-corrected chi connectivity index (χ4v) is 2.52. The predicted octanol–water partition coefficient (Wildman–Crippen LogP) is 1.79. The van der Waals surface area contributed by atoms with Crippen molar-refractivity contribution in [3.8, 4) is 0 Å². The summed E-state index contributed by atoms with van der Waals surface area (Å²) in [5.41, 5.74) is 2.18. The second kappa shape index (κ2) is 6.03. The lowest BCUT2D eigenvalue weighted by Crippen LogP contribution is -2.25. The molecule has 2 heterocycles. The highest BCUT2D eigenvalue weighted by Crippen LogP contribution is 2.24. The third kappa shape index (κ3) is 3.36. The first-order valence-electron chi connectivity index (χ1n) is 7.73. The van der Waals surface area contributed by atoms with Crippen LogP contribution in [0.25, 0.3) is 5.65 Å². The Hall–Kier alpha value is -1.59. The summed E-state index contributed by atoms with van der Waals surface area (Å²) in [6, 6.07) is 6.76. The molecule has 21 heavy (non-hydrogen) atoms. The fourth-order valence-electron chi connectivity index (χ4n) is 2.52. The number of aliphatic hydroxyl groups is 1. The molecule has 5 heteroatoms. The van der Waals surface area contributed by atoms with Gasteiger partial charge in [0.1, 0.15) is 5.65 Å². The Morgan fingerprint density at radius 2 is 2.29 bits per heavy atom. The zero-order valence-corrected chi connectivity index (χ0v) is 12.8. The molecule has 1 unspecified atom stereocenters. The number of aliphatic hydroxyl groups excluding tert-OH is 1. The largest absolute Gasteiger partial charge is 0.393 e. The molecule has 1 saturated carbocycles. The van der Waals surface area contributed by atoms with Crippen molar-refractivity contribution in [2.24, 2.45) is 0 Å². The monoisotopic (exact) mass is 288 g/mol. The normalized spacial score (nSPS) is 16.3. The zero-order valence-electron chi connectivity index (χ0n) is 12.8. The number of rotatable bonds is 7. The molecule has 0 aliphatic heterocycles. The molecule has 0 spiro atoms. The van der Waals surface area contributed by atoms with Crippen molar-refractivity contribution in [1.82, 2.24) is 14.7 Å². The first-order chi connectivity index (χ1) is 10.1. The molecule has 114 valence electrons. The predicted molar refractivity (Wildman–Crippen MR) is 84.6 cm³/mol. The van der Waals surface area contributed by atoms with Gasteiger partial charge < -0.3 is 19.7 Å². The number of pyridine rings is 1. The van der Waals surface area contributed by atoms with Crippen LogP contribution >= 0.6 is 0 Å². The van der Waals surface area contributed by atoms with Crippen LogP contribution < -0.4 is 10.2 Å². The first kappa shape index (κ1) is 14.4. The highest BCUT2D eigenvalue weighted by atomic mass is 16.3. The van der Waals surface area contributed by atoms with Crippen molar-refractivity contribution in [1.29, 1.82) is 0 Å².